The van der Waals surface area contributed by atoms with Gasteiger partial charge in [-0.3, -0.25) is 9.59 Å². The molecule has 3 aromatic carbocycles. The first-order chi connectivity index (χ1) is 15.0. The van der Waals surface area contributed by atoms with Gasteiger partial charge in [0.25, 0.3) is 11.8 Å². The molecule has 0 radical (unpaired) electrons. The fourth-order valence-electron chi connectivity index (χ4n) is 3.65. The van der Waals surface area contributed by atoms with Crippen molar-refractivity contribution in [3.8, 4) is 0 Å². The monoisotopic (exact) mass is 420 g/mol. The van der Waals surface area contributed by atoms with Crippen molar-refractivity contribution >= 4 is 22.6 Å². The number of hydrogen-bond donors (Lipinski definition) is 4. The lowest BCUT2D eigenvalue weighted by atomic mass is 9.96. The highest BCUT2D eigenvalue weighted by Gasteiger charge is 2.48. The third-order valence-corrected chi connectivity index (χ3v) is 5.52. The lowest BCUT2D eigenvalue weighted by Crippen LogP contribution is -2.53. The number of benzene rings is 3. The molecule has 0 saturated carbocycles. The van der Waals surface area contributed by atoms with Crippen LogP contribution in [0.1, 0.15) is 20.7 Å². The van der Waals surface area contributed by atoms with Crippen molar-refractivity contribution in [2.24, 2.45) is 0 Å². The molecule has 3 atom stereocenters. The van der Waals surface area contributed by atoms with E-state index in [-0.39, 0.29) is 31.5 Å². The molecule has 1 aliphatic heterocycles. The maximum atomic E-state index is 12.5. The van der Waals surface area contributed by atoms with Gasteiger partial charge in [0.1, 0.15) is 17.8 Å². The van der Waals surface area contributed by atoms with Gasteiger partial charge in [-0.15, -0.1) is 0 Å². The molecule has 160 valence electrons. The topological polar surface area (TPSA) is 108 Å². The Balaban J connectivity index is 1.32. The molecular weight excluding hydrogens is 396 g/mol. The number of amides is 2. The van der Waals surface area contributed by atoms with Crippen LogP contribution < -0.4 is 10.6 Å². The van der Waals surface area contributed by atoms with Crippen molar-refractivity contribution in [1.82, 2.24) is 10.6 Å². The van der Waals surface area contributed by atoms with Gasteiger partial charge in [-0.05, 0) is 35.0 Å². The molecular formula is C24H24N2O5. The van der Waals surface area contributed by atoms with Crippen LogP contribution in [0.5, 0.6) is 0 Å². The number of aliphatic hydroxyl groups is 2. The van der Waals surface area contributed by atoms with Crippen LogP contribution >= 0.6 is 0 Å². The van der Waals surface area contributed by atoms with Gasteiger partial charge in [0.05, 0.1) is 13.2 Å². The Kier molecular flexibility index (Phi) is 5.99. The van der Waals surface area contributed by atoms with Gasteiger partial charge in [-0.2, -0.15) is 0 Å². The van der Waals surface area contributed by atoms with Crippen LogP contribution in [-0.4, -0.2) is 59.5 Å². The zero-order valence-electron chi connectivity index (χ0n) is 16.8. The lowest BCUT2D eigenvalue weighted by Gasteiger charge is -2.26. The molecule has 4 rings (SSSR count). The molecule has 0 bridgehead atoms. The molecule has 1 heterocycles. The maximum absolute atomic E-state index is 12.5. The first-order valence-corrected chi connectivity index (χ1v) is 10.1. The van der Waals surface area contributed by atoms with Crippen molar-refractivity contribution in [1.29, 1.82) is 0 Å². The van der Waals surface area contributed by atoms with Crippen molar-refractivity contribution in [3.63, 3.8) is 0 Å². The van der Waals surface area contributed by atoms with E-state index in [2.05, 4.69) is 10.6 Å². The van der Waals surface area contributed by atoms with Gasteiger partial charge < -0.3 is 25.6 Å². The van der Waals surface area contributed by atoms with E-state index in [9.17, 15) is 19.8 Å². The first-order valence-electron chi connectivity index (χ1n) is 10.1. The number of carbonyl (C=O) groups excluding carboxylic acids is 2. The van der Waals surface area contributed by atoms with E-state index >= 15 is 0 Å². The van der Waals surface area contributed by atoms with Crippen LogP contribution in [0.15, 0.2) is 72.8 Å². The average Bonchev–Trinajstić information content (AvgIpc) is 3.10. The molecule has 0 unspecified atom stereocenters. The second-order valence-corrected chi connectivity index (χ2v) is 7.72. The number of rotatable bonds is 6. The Morgan fingerprint density at radius 2 is 1.58 bits per heavy atom. The minimum atomic E-state index is -1.64. The summed E-state index contributed by atoms with van der Waals surface area (Å²) in [7, 11) is 0. The number of carbonyl (C=O) groups is 2. The van der Waals surface area contributed by atoms with Crippen molar-refractivity contribution in [2.45, 2.75) is 17.8 Å². The van der Waals surface area contributed by atoms with E-state index < -0.39 is 17.8 Å². The summed E-state index contributed by atoms with van der Waals surface area (Å²) in [5.74, 6) is -0.649. The molecule has 7 heteroatoms. The second kappa shape index (κ2) is 8.85. The van der Waals surface area contributed by atoms with Crippen LogP contribution in [0.3, 0.4) is 0 Å². The maximum Gasteiger partial charge on any atom is 0.251 e. The Labute approximate surface area is 179 Å². The van der Waals surface area contributed by atoms with Gasteiger partial charge in [-0.1, -0.05) is 48.5 Å². The highest BCUT2D eigenvalue weighted by atomic mass is 16.5. The van der Waals surface area contributed by atoms with Gasteiger partial charge in [0.2, 0.25) is 0 Å². The summed E-state index contributed by atoms with van der Waals surface area (Å²) in [6.07, 6.45) is -2.05. The van der Waals surface area contributed by atoms with E-state index in [1.807, 2.05) is 30.3 Å². The van der Waals surface area contributed by atoms with Crippen LogP contribution in [0.2, 0.25) is 0 Å². The number of ether oxygens (including phenoxy) is 1. The summed E-state index contributed by atoms with van der Waals surface area (Å²) in [6, 6.07) is 21.8. The molecule has 1 fully saturated rings. The third kappa shape index (κ3) is 4.59. The normalized spacial score (nSPS) is 22.9. The highest BCUT2D eigenvalue weighted by molar-refractivity contribution is 5.98. The molecule has 0 spiro atoms. The largest absolute Gasteiger partial charge is 0.387 e. The molecule has 1 aliphatic rings. The van der Waals surface area contributed by atoms with E-state index in [1.54, 1.807) is 42.5 Å². The summed E-state index contributed by atoms with van der Waals surface area (Å²) in [5, 5.41) is 28.6. The summed E-state index contributed by atoms with van der Waals surface area (Å²) in [5.41, 5.74) is -0.682. The highest BCUT2D eigenvalue weighted by Crippen LogP contribution is 2.24. The van der Waals surface area contributed by atoms with Crippen LogP contribution in [0, 0.1) is 0 Å². The molecule has 3 aromatic rings. The predicted octanol–water partition coefficient (Wildman–Crippen LogP) is 1.49. The van der Waals surface area contributed by atoms with Gasteiger partial charge >= 0.3 is 0 Å². The molecule has 0 aromatic heterocycles. The number of fused-ring (bicyclic) bond motifs is 1. The Morgan fingerprint density at radius 1 is 0.903 bits per heavy atom. The number of nitrogens with one attached hydrogen (secondary N) is 2. The van der Waals surface area contributed by atoms with Crippen molar-refractivity contribution < 1.29 is 24.5 Å². The first kappa shape index (κ1) is 21.0. The quantitative estimate of drug-likeness (QED) is 0.483. The van der Waals surface area contributed by atoms with Crippen molar-refractivity contribution in [2.75, 3.05) is 19.7 Å². The summed E-state index contributed by atoms with van der Waals surface area (Å²) in [4.78, 5) is 24.7. The van der Waals surface area contributed by atoms with E-state index in [4.69, 9.17) is 4.74 Å². The van der Waals surface area contributed by atoms with Gasteiger partial charge in [0.15, 0.2) is 0 Å². The van der Waals surface area contributed by atoms with Crippen LogP contribution in [0.4, 0.5) is 0 Å². The van der Waals surface area contributed by atoms with E-state index in [1.165, 1.54) is 0 Å². The SMILES string of the molecule is O=C(NC[C@H]1OC[C@@](O)(CNC(=O)c2ccccc2)[C@@H]1O)c1ccc2ccccc2c1. The molecule has 2 amide bonds. The Hall–Kier alpha value is -3.26. The molecule has 0 aliphatic carbocycles. The second-order valence-electron chi connectivity index (χ2n) is 7.72. The smallest absolute Gasteiger partial charge is 0.251 e. The fraction of sp³-hybridized carbons (Fsp3) is 0.250. The number of aliphatic hydroxyl groups excluding tert-OH is 1. The minimum Gasteiger partial charge on any atom is -0.387 e. The van der Waals surface area contributed by atoms with E-state index in [0.29, 0.717) is 11.1 Å². The zero-order chi connectivity index (χ0) is 21.8. The third-order valence-electron chi connectivity index (χ3n) is 5.52. The fourth-order valence-corrected chi connectivity index (χ4v) is 3.65. The standard InChI is InChI=1S/C24H24N2O5/c27-21-20(13-25-23(29)19-11-10-16-6-4-5-9-18(16)12-19)31-15-24(21,30)14-26-22(28)17-7-2-1-3-8-17/h1-12,20-21,27,30H,13-15H2,(H,25,29)(H,26,28)/t20-,21-,24+/m1/s1. The Morgan fingerprint density at radius 3 is 2.35 bits per heavy atom. The minimum absolute atomic E-state index is 0.0295. The molecule has 1 saturated heterocycles. The summed E-state index contributed by atoms with van der Waals surface area (Å²) in [6.45, 7) is -0.293. The number of hydrogen-bond acceptors (Lipinski definition) is 5. The Bertz CT molecular complexity index is 1090. The van der Waals surface area contributed by atoms with Crippen molar-refractivity contribution in [3.05, 3.63) is 83.9 Å². The lowest BCUT2D eigenvalue weighted by molar-refractivity contribution is -0.0464. The average molecular weight is 420 g/mol. The summed E-state index contributed by atoms with van der Waals surface area (Å²) < 4.78 is 5.51. The van der Waals surface area contributed by atoms with Crippen LogP contribution in [-0.2, 0) is 4.74 Å². The molecule has 31 heavy (non-hydrogen) atoms. The molecule has 7 nitrogen and oxygen atoms in total. The van der Waals surface area contributed by atoms with Gasteiger partial charge in [0, 0.05) is 17.7 Å². The van der Waals surface area contributed by atoms with Crippen LogP contribution in [0.25, 0.3) is 10.8 Å². The predicted molar refractivity (Wildman–Crippen MR) is 116 cm³/mol. The molecule has 4 N–H and O–H groups in total. The zero-order valence-corrected chi connectivity index (χ0v) is 16.8. The van der Waals surface area contributed by atoms with E-state index in [0.717, 1.165) is 10.8 Å². The summed E-state index contributed by atoms with van der Waals surface area (Å²) >= 11 is 0. The van der Waals surface area contributed by atoms with Gasteiger partial charge in [-0.25, -0.2) is 0 Å².